The number of amides is 2. The van der Waals surface area contributed by atoms with Gasteiger partial charge >= 0.3 is 6.09 Å². The van der Waals surface area contributed by atoms with Crippen molar-refractivity contribution in [2.24, 2.45) is 5.73 Å². The van der Waals surface area contributed by atoms with Crippen LogP contribution in [0.5, 0.6) is 0 Å². The molecule has 6 rings (SSSR count). The van der Waals surface area contributed by atoms with Crippen LogP contribution in [-0.4, -0.2) is 56.2 Å². The first-order chi connectivity index (χ1) is 18.9. The standard InChI is InChI=1S/C29H31N7O3/c30-15-19-3-1-2-18(12-19)13-25(37)35-11-6-21-14-20(4-5-24(21)35)23-16-36(28-26(23)27(31)32-17-33-28)22-7-9-34(10-8-22)29(38)39/h1-5,12,14,16-17,22H,6-11,13,15,30H2,(H,38,39)(H2,31,32,33). The Kier molecular flexibility index (Phi) is 6.40. The lowest BCUT2D eigenvalue weighted by molar-refractivity contribution is -0.117. The number of benzene rings is 2. The summed E-state index contributed by atoms with van der Waals surface area (Å²) in [4.78, 5) is 36.7. The van der Waals surface area contributed by atoms with Gasteiger partial charge in [0.05, 0.1) is 11.8 Å². The number of rotatable bonds is 5. The summed E-state index contributed by atoms with van der Waals surface area (Å²) in [5, 5.41) is 10.1. The number of hydrogen-bond donors (Lipinski definition) is 3. The minimum atomic E-state index is -0.882. The maximum atomic E-state index is 13.2. The molecule has 0 spiro atoms. The van der Waals surface area contributed by atoms with Crippen LogP contribution in [-0.2, 0) is 24.2 Å². The van der Waals surface area contributed by atoms with Crippen molar-refractivity contribution in [2.45, 2.75) is 38.3 Å². The maximum Gasteiger partial charge on any atom is 0.407 e. The number of carbonyl (C=O) groups is 2. The highest BCUT2D eigenvalue weighted by atomic mass is 16.4. The van der Waals surface area contributed by atoms with Crippen LogP contribution in [0.1, 0.15) is 35.6 Å². The van der Waals surface area contributed by atoms with Crippen LogP contribution in [0.2, 0.25) is 0 Å². The summed E-state index contributed by atoms with van der Waals surface area (Å²) in [6.07, 6.45) is 5.17. The summed E-state index contributed by atoms with van der Waals surface area (Å²) < 4.78 is 2.13. The topological polar surface area (TPSA) is 144 Å². The number of aromatic nitrogens is 3. The van der Waals surface area contributed by atoms with Crippen molar-refractivity contribution >= 4 is 34.5 Å². The highest BCUT2D eigenvalue weighted by molar-refractivity contribution is 6.02. The second-order valence-electron chi connectivity index (χ2n) is 10.2. The lowest BCUT2D eigenvalue weighted by Gasteiger charge is -2.31. The van der Waals surface area contributed by atoms with E-state index >= 15 is 0 Å². The van der Waals surface area contributed by atoms with E-state index in [0.717, 1.165) is 51.0 Å². The third-order valence-corrected chi connectivity index (χ3v) is 7.94. The van der Waals surface area contributed by atoms with Crippen LogP contribution in [0, 0.1) is 0 Å². The van der Waals surface area contributed by atoms with Crippen molar-refractivity contribution < 1.29 is 14.7 Å². The minimum absolute atomic E-state index is 0.0672. The van der Waals surface area contributed by atoms with Crippen LogP contribution in [0.15, 0.2) is 55.0 Å². The van der Waals surface area contributed by atoms with E-state index in [0.29, 0.717) is 51.3 Å². The molecule has 200 valence electrons. The maximum absolute atomic E-state index is 13.2. The number of fused-ring (bicyclic) bond motifs is 2. The van der Waals surface area contributed by atoms with Gasteiger partial charge in [-0.2, -0.15) is 0 Å². The molecule has 2 aliphatic heterocycles. The number of anilines is 2. The van der Waals surface area contributed by atoms with Gasteiger partial charge in [0.15, 0.2) is 0 Å². The zero-order valence-electron chi connectivity index (χ0n) is 21.6. The van der Waals surface area contributed by atoms with E-state index < -0.39 is 6.09 Å². The van der Waals surface area contributed by atoms with Gasteiger partial charge in [-0.25, -0.2) is 14.8 Å². The third kappa shape index (κ3) is 4.57. The number of carboxylic acid groups (broad SMARTS) is 1. The number of nitrogen functional groups attached to an aromatic ring is 1. The molecule has 0 unspecified atom stereocenters. The molecule has 2 aromatic heterocycles. The Morgan fingerprint density at radius 2 is 1.82 bits per heavy atom. The van der Waals surface area contributed by atoms with E-state index in [1.807, 2.05) is 41.3 Å². The molecule has 0 radical (unpaired) electrons. The van der Waals surface area contributed by atoms with Crippen molar-refractivity contribution in [3.8, 4) is 11.1 Å². The molecule has 39 heavy (non-hydrogen) atoms. The average Bonchev–Trinajstić information content (AvgIpc) is 3.56. The van der Waals surface area contributed by atoms with E-state index in [1.54, 1.807) is 0 Å². The van der Waals surface area contributed by atoms with Gasteiger partial charge in [-0.3, -0.25) is 4.79 Å². The van der Waals surface area contributed by atoms with Crippen molar-refractivity contribution in [2.75, 3.05) is 30.3 Å². The Hall–Kier alpha value is -4.44. The van der Waals surface area contributed by atoms with Gasteiger partial charge in [0.25, 0.3) is 0 Å². The first-order valence-corrected chi connectivity index (χ1v) is 13.2. The molecule has 2 aromatic carbocycles. The molecule has 0 atom stereocenters. The average molecular weight is 526 g/mol. The fraction of sp³-hybridized carbons (Fsp3) is 0.310. The van der Waals surface area contributed by atoms with Crippen molar-refractivity contribution in [1.29, 1.82) is 0 Å². The van der Waals surface area contributed by atoms with E-state index in [2.05, 4.69) is 26.8 Å². The van der Waals surface area contributed by atoms with Gasteiger partial charge in [-0.05, 0) is 53.6 Å². The lowest BCUT2D eigenvalue weighted by atomic mass is 10.0. The molecule has 10 nitrogen and oxygen atoms in total. The number of nitrogens with zero attached hydrogens (tertiary/aromatic N) is 5. The number of likely N-dealkylation sites (tertiary alicyclic amines) is 1. The van der Waals surface area contributed by atoms with E-state index in [9.17, 15) is 14.7 Å². The second-order valence-corrected chi connectivity index (χ2v) is 10.2. The monoisotopic (exact) mass is 525 g/mol. The van der Waals surface area contributed by atoms with Crippen molar-refractivity contribution in [3.05, 3.63) is 71.7 Å². The van der Waals surface area contributed by atoms with E-state index in [1.165, 1.54) is 11.2 Å². The molecule has 1 fully saturated rings. The predicted molar refractivity (Wildman–Crippen MR) is 149 cm³/mol. The number of hydrogen-bond acceptors (Lipinski definition) is 6. The zero-order chi connectivity index (χ0) is 27.1. The highest BCUT2D eigenvalue weighted by Crippen LogP contribution is 2.39. The molecule has 10 heteroatoms. The van der Waals surface area contributed by atoms with Gasteiger partial charge in [0.2, 0.25) is 5.91 Å². The first kappa shape index (κ1) is 24.9. The summed E-state index contributed by atoms with van der Waals surface area (Å²) in [5.41, 5.74) is 18.8. The summed E-state index contributed by atoms with van der Waals surface area (Å²) in [5.74, 6) is 0.478. The van der Waals surface area contributed by atoms with Crippen LogP contribution < -0.4 is 16.4 Å². The first-order valence-electron chi connectivity index (χ1n) is 13.2. The molecule has 0 aliphatic carbocycles. The normalized spacial score (nSPS) is 15.6. The van der Waals surface area contributed by atoms with Crippen LogP contribution >= 0.6 is 0 Å². The van der Waals surface area contributed by atoms with Gasteiger partial charge in [-0.15, -0.1) is 0 Å². The zero-order valence-corrected chi connectivity index (χ0v) is 21.6. The Morgan fingerprint density at radius 3 is 2.59 bits per heavy atom. The molecule has 0 saturated carbocycles. The lowest BCUT2D eigenvalue weighted by Crippen LogP contribution is -2.38. The molecule has 2 aliphatic rings. The van der Waals surface area contributed by atoms with Crippen LogP contribution in [0.4, 0.5) is 16.3 Å². The molecule has 0 bridgehead atoms. The smallest absolute Gasteiger partial charge is 0.407 e. The SMILES string of the molecule is NCc1cccc(CC(=O)N2CCc3cc(-c4cn(C5CCN(C(=O)O)CC5)c5ncnc(N)c45)ccc32)c1. The van der Waals surface area contributed by atoms with Crippen molar-refractivity contribution in [1.82, 2.24) is 19.4 Å². The highest BCUT2D eigenvalue weighted by Gasteiger charge is 2.28. The fourth-order valence-corrected chi connectivity index (χ4v) is 5.91. The van der Waals surface area contributed by atoms with E-state index in [-0.39, 0.29) is 11.9 Å². The summed E-state index contributed by atoms with van der Waals surface area (Å²) in [7, 11) is 0. The summed E-state index contributed by atoms with van der Waals surface area (Å²) >= 11 is 0. The Morgan fingerprint density at radius 1 is 1.03 bits per heavy atom. The van der Waals surface area contributed by atoms with E-state index in [4.69, 9.17) is 11.5 Å². The molecule has 4 heterocycles. The molecular formula is C29H31N7O3. The van der Waals surface area contributed by atoms with Crippen LogP contribution in [0.25, 0.3) is 22.2 Å². The third-order valence-electron chi connectivity index (χ3n) is 7.94. The summed E-state index contributed by atoms with van der Waals surface area (Å²) in [6, 6.07) is 14.2. The Bertz CT molecular complexity index is 1570. The number of carbonyl (C=O) groups excluding carboxylic acids is 1. The quantitative estimate of drug-likeness (QED) is 0.361. The van der Waals surface area contributed by atoms with Crippen LogP contribution in [0.3, 0.4) is 0 Å². The Balaban J connectivity index is 1.29. The predicted octanol–water partition coefficient (Wildman–Crippen LogP) is 3.59. The minimum Gasteiger partial charge on any atom is -0.465 e. The second kappa shape index (κ2) is 10.0. The Labute approximate surface area is 225 Å². The fourth-order valence-electron chi connectivity index (χ4n) is 5.91. The number of piperidine rings is 1. The molecule has 5 N–H and O–H groups in total. The molecule has 1 saturated heterocycles. The van der Waals surface area contributed by atoms with Crippen molar-refractivity contribution in [3.63, 3.8) is 0 Å². The molecular weight excluding hydrogens is 494 g/mol. The van der Waals surface area contributed by atoms with Gasteiger partial charge in [0.1, 0.15) is 17.8 Å². The number of nitrogens with two attached hydrogens (primary N) is 2. The van der Waals surface area contributed by atoms with Gasteiger partial charge < -0.3 is 30.9 Å². The summed E-state index contributed by atoms with van der Waals surface area (Å²) in [6.45, 7) is 2.05. The molecule has 4 aromatic rings. The molecule has 2 amide bonds. The van der Waals surface area contributed by atoms with Gasteiger partial charge in [0, 0.05) is 49.7 Å². The largest absolute Gasteiger partial charge is 0.465 e. The van der Waals surface area contributed by atoms with Gasteiger partial charge in [-0.1, -0.05) is 30.3 Å².